The molecule has 0 saturated carbocycles. The van der Waals surface area contributed by atoms with Crippen LogP contribution in [0.5, 0.6) is 0 Å². The number of halogens is 2. The molecule has 2 heterocycles. The molecule has 0 spiro atoms. The van der Waals surface area contributed by atoms with E-state index in [-0.39, 0.29) is 0 Å². The smallest absolute Gasteiger partial charge is 0.142 e. The average Bonchev–Trinajstić information content (AvgIpc) is 2.47. The van der Waals surface area contributed by atoms with Crippen LogP contribution in [-0.4, -0.2) is 11.5 Å². The number of anilines is 1. The number of hydrogen-bond donors (Lipinski definition) is 0. The van der Waals surface area contributed by atoms with Crippen LogP contribution < -0.4 is 4.90 Å². The first-order chi connectivity index (χ1) is 9.67. The first-order valence-corrected chi connectivity index (χ1v) is 7.02. The number of fused-ring (bicyclic) bond motifs is 1. The molecule has 1 aliphatic rings. The zero-order chi connectivity index (χ0) is 14.1. The van der Waals surface area contributed by atoms with Gasteiger partial charge >= 0.3 is 0 Å². The van der Waals surface area contributed by atoms with Gasteiger partial charge in [0.1, 0.15) is 17.6 Å². The Bertz CT molecular complexity index is 707. The quantitative estimate of drug-likeness (QED) is 0.804. The van der Waals surface area contributed by atoms with Crippen molar-refractivity contribution in [2.75, 3.05) is 11.4 Å². The summed E-state index contributed by atoms with van der Waals surface area (Å²) in [5.74, 6) is 0.806. The van der Waals surface area contributed by atoms with Crippen molar-refractivity contribution < 1.29 is 0 Å². The first kappa shape index (κ1) is 13.2. The van der Waals surface area contributed by atoms with Gasteiger partial charge in [-0.15, -0.1) is 0 Å². The highest BCUT2D eigenvalue weighted by Crippen LogP contribution is 2.31. The molecule has 3 rings (SSSR count). The van der Waals surface area contributed by atoms with E-state index in [9.17, 15) is 0 Å². The maximum atomic E-state index is 8.93. The summed E-state index contributed by atoms with van der Waals surface area (Å²) >= 11 is 12.3. The molecule has 0 radical (unpaired) electrons. The molecule has 5 heteroatoms. The SMILES string of the molecule is N#Cc1cccc(N2CCc3cc(Cl)cc(Cl)c3C2)n1. The van der Waals surface area contributed by atoms with Crippen LogP contribution in [0.15, 0.2) is 30.3 Å². The molecule has 0 atom stereocenters. The molecule has 0 unspecified atom stereocenters. The van der Waals surface area contributed by atoms with E-state index >= 15 is 0 Å². The van der Waals surface area contributed by atoms with Crippen LogP contribution in [0, 0.1) is 11.3 Å². The van der Waals surface area contributed by atoms with E-state index in [0.717, 1.165) is 24.3 Å². The summed E-state index contributed by atoms with van der Waals surface area (Å²) in [5.41, 5.74) is 2.71. The van der Waals surface area contributed by atoms with Crippen molar-refractivity contribution in [2.45, 2.75) is 13.0 Å². The fourth-order valence-corrected chi connectivity index (χ4v) is 3.03. The van der Waals surface area contributed by atoms with Gasteiger partial charge in [-0.05, 0) is 41.8 Å². The van der Waals surface area contributed by atoms with Crippen LogP contribution in [0.4, 0.5) is 5.82 Å². The number of pyridine rings is 1. The van der Waals surface area contributed by atoms with Crippen molar-refractivity contribution >= 4 is 29.0 Å². The van der Waals surface area contributed by atoms with Crippen molar-refractivity contribution in [3.05, 3.63) is 57.2 Å². The Morgan fingerprint density at radius 3 is 2.90 bits per heavy atom. The van der Waals surface area contributed by atoms with Crippen LogP contribution in [0.2, 0.25) is 10.0 Å². The molecule has 100 valence electrons. The van der Waals surface area contributed by atoms with Crippen LogP contribution in [0.1, 0.15) is 16.8 Å². The third-order valence-electron chi connectivity index (χ3n) is 3.43. The summed E-state index contributed by atoms with van der Waals surface area (Å²) < 4.78 is 0. The molecule has 2 aromatic rings. The van der Waals surface area contributed by atoms with E-state index in [4.69, 9.17) is 28.5 Å². The number of benzene rings is 1. The topological polar surface area (TPSA) is 39.9 Å². The number of nitriles is 1. The van der Waals surface area contributed by atoms with Crippen LogP contribution >= 0.6 is 23.2 Å². The van der Waals surface area contributed by atoms with Crippen LogP contribution in [0.25, 0.3) is 0 Å². The maximum absolute atomic E-state index is 8.93. The summed E-state index contributed by atoms with van der Waals surface area (Å²) in [6, 6.07) is 11.3. The third kappa shape index (κ3) is 2.45. The first-order valence-electron chi connectivity index (χ1n) is 6.26. The molecule has 3 nitrogen and oxygen atoms in total. The number of rotatable bonds is 1. The van der Waals surface area contributed by atoms with Crippen molar-refractivity contribution in [2.24, 2.45) is 0 Å². The second-order valence-electron chi connectivity index (χ2n) is 4.69. The molecule has 0 fully saturated rings. The highest BCUT2D eigenvalue weighted by atomic mass is 35.5. The zero-order valence-corrected chi connectivity index (χ0v) is 12.1. The van der Waals surface area contributed by atoms with Crippen molar-refractivity contribution in [1.29, 1.82) is 5.26 Å². The Morgan fingerprint density at radius 1 is 1.25 bits per heavy atom. The molecule has 1 aromatic heterocycles. The lowest BCUT2D eigenvalue weighted by Gasteiger charge is -2.30. The van der Waals surface area contributed by atoms with Gasteiger partial charge in [-0.25, -0.2) is 4.98 Å². The lowest BCUT2D eigenvalue weighted by molar-refractivity contribution is 0.720. The zero-order valence-electron chi connectivity index (χ0n) is 10.6. The van der Waals surface area contributed by atoms with E-state index in [1.807, 2.05) is 18.2 Å². The molecular weight excluding hydrogens is 293 g/mol. The third-order valence-corrected chi connectivity index (χ3v) is 3.98. The minimum Gasteiger partial charge on any atom is -0.352 e. The van der Waals surface area contributed by atoms with E-state index in [1.54, 1.807) is 12.1 Å². The summed E-state index contributed by atoms with van der Waals surface area (Å²) in [6.07, 6.45) is 0.869. The van der Waals surface area contributed by atoms with Gasteiger partial charge in [-0.2, -0.15) is 5.26 Å². The summed E-state index contributed by atoms with van der Waals surface area (Å²) in [7, 11) is 0. The van der Waals surface area contributed by atoms with Gasteiger partial charge in [-0.3, -0.25) is 0 Å². The molecule has 20 heavy (non-hydrogen) atoms. The number of hydrogen-bond acceptors (Lipinski definition) is 3. The van der Waals surface area contributed by atoms with E-state index < -0.39 is 0 Å². The van der Waals surface area contributed by atoms with Crippen molar-refractivity contribution in [3.8, 4) is 6.07 Å². The molecular formula is C15H11Cl2N3. The van der Waals surface area contributed by atoms with Crippen LogP contribution in [0.3, 0.4) is 0 Å². The second-order valence-corrected chi connectivity index (χ2v) is 5.53. The number of nitrogens with zero attached hydrogens (tertiary/aromatic N) is 3. The maximum Gasteiger partial charge on any atom is 0.142 e. The van der Waals surface area contributed by atoms with Gasteiger partial charge in [0.2, 0.25) is 0 Å². The second kappa shape index (κ2) is 5.32. The lowest BCUT2D eigenvalue weighted by Crippen LogP contribution is -2.31. The largest absolute Gasteiger partial charge is 0.352 e. The van der Waals surface area contributed by atoms with Gasteiger partial charge in [0.15, 0.2) is 0 Å². The minimum atomic E-state index is 0.426. The van der Waals surface area contributed by atoms with Gasteiger partial charge < -0.3 is 4.90 Å². The predicted molar refractivity (Wildman–Crippen MR) is 80.2 cm³/mol. The van der Waals surface area contributed by atoms with E-state index in [0.29, 0.717) is 22.3 Å². The molecule has 1 aliphatic heterocycles. The predicted octanol–water partition coefficient (Wildman–Crippen LogP) is 3.82. The molecule has 0 saturated heterocycles. The monoisotopic (exact) mass is 303 g/mol. The molecule has 0 aliphatic carbocycles. The standard InChI is InChI=1S/C15H11Cl2N3/c16-11-6-10-4-5-20(9-13(10)14(17)7-11)15-3-1-2-12(8-18)19-15/h1-3,6-7H,4-5,9H2. The van der Waals surface area contributed by atoms with Gasteiger partial charge in [0.25, 0.3) is 0 Å². The van der Waals surface area contributed by atoms with Crippen molar-refractivity contribution in [3.63, 3.8) is 0 Å². The Hall–Kier alpha value is -1.76. The number of aromatic nitrogens is 1. The Balaban J connectivity index is 1.94. The summed E-state index contributed by atoms with van der Waals surface area (Å²) in [6.45, 7) is 1.53. The summed E-state index contributed by atoms with van der Waals surface area (Å²) in [4.78, 5) is 6.46. The van der Waals surface area contributed by atoms with Gasteiger partial charge in [-0.1, -0.05) is 29.3 Å². The lowest BCUT2D eigenvalue weighted by atomic mass is 9.99. The van der Waals surface area contributed by atoms with E-state index in [1.165, 1.54) is 5.56 Å². The average molecular weight is 304 g/mol. The Labute approximate surface area is 127 Å². The molecule has 1 aromatic carbocycles. The Morgan fingerprint density at radius 2 is 2.10 bits per heavy atom. The normalized spacial score (nSPS) is 13.8. The molecule has 0 amide bonds. The fourth-order valence-electron chi connectivity index (χ4n) is 2.44. The van der Waals surface area contributed by atoms with Crippen LogP contribution in [-0.2, 0) is 13.0 Å². The Kier molecular flexibility index (Phi) is 3.52. The molecule has 0 bridgehead atoms. The van der Waals surface area contributed by atoms with E-state index in [2.05, 4.69) is 16.0 Å². The van der Waals surface area contributed by atoms with Gasteiger partial charge in [0.05, 0.1) is 0 Å². The molecule has 0 N–H and O–H groups in total. The summed E-state index contributed by atoms with van der Waals surface area (Å²) in [5, 5.41) is 10.3. The fraction of sp³-hybridized carbons (Fsp3) is 0.200. The highest BCUT2D eigenvalue weighted by Gasteiger charge is 2.20. The minimum absolute atomic E-state index is 0.426. The van der Waals surface area contributed by atoms with Gasteiger partial charge in [0, 0.05) is 23.1 Å². The van der Waals surface area contributed by atoms with Crippen molar-refractivity contribution in [1.82, 2.24) is 4.98 Å². The highest BCUT2D eigenvalue weighted by molar-refractivity contribution is 6.35.